The standard InChI is InChI=1S/C13H24N4/c1-6-8-14-12-11(10(3)4)13(16-9-15-12)17(5)7-2/h9-10H,6-8H2,1-5H3,(H,14,15,16). The van der Waals surface area contributed by atoms with Crippen LogP contribution in [0.4, 0.5) is 11.6 Å². The van der Waals surface area contributed by atoms with Gasteiger partial charge in [0.2, 0.25) is 0 Å². The van der Waals surface area contributed by atoms with E-state index in [4.69, 9.17) is 0 Å². The summed E-state index contributed by atoms with van der Waals surface area (Å²) in [5.74, 6) is 2.43. The van der Waals surface area contributed by atoms with Gasteiger partial charge in [-0.15, -0.1) is 0 Å². The zero-order chi connectivity index (χ0) is 12.8. The molecule has 0 bridgehead atoms. The van der Waals surface area contributed by atoms with Crippen LogP contribution in [0.25, 0.3) is 0 Å². The molecule has 1 aromatic rings. The van der Waals surface area contributed by atoms with E-state index in [9.17, 15) is 0 Å². The van der Waals surface area contributed by atoms with E-state index in [1.165, 1.54) is 5.56 Å². The van der Waals surface area contributed by atoms with Gasteiger partial charge < -0.3 is 10.2 Å². The van der Waals surface area contributed by atoms with Gasteiger partial charge in [0.25, 0.3) is 0 Å². The van der Waals surface area contributed by atoms with Crippen LogP contribution in [0, 0.1) is 0 Å². The number of anilines is 2. The highest BCUT2D eigenvalue weighted by Crippen LogP contribution is 2.29. The molecule has 1 aromatic heterocycles. The summed E-state index contributed by atoms with van der Waals surface area (Å²) < 4.78 is 0. The van der Waals surface area contributed by atoms with Crippen molar-refractivity contribution in [1.29, 1.82) is 0 Å². The van der Waals surface area contributed by atoms with E-state index in [1.807, 2.05) is 0 Å². The molecule has 0 amide bonds. The molecule has 0 radical (unpaired) electrons. The Kier molecular flexibility index (Phi) is 5.19. The summed E-state index contributed by atoms with van der Waals surface area (Å²) in [6, 6.07) is 0. The molecular weight excluding hydrogens is 212 g/mol. The second kappa shape index (κ2) is 6.42. The molecule has 1 heterocycles. The highest BCUT2D eigenvalue weighted by Gasteiger charge is 2.16. The van der Waals surface area contributed by atoms with Crippen LogP contribution in [-0.4, -0.2) is 30.1 Å². The Balaban J connectivity index is 3.12. The van der Waals surface area contributed by atoms with Crippen LogP contribution in [0.1, 0.15) is 45.6 Å². The van der Waals surface area contributed by atoms with E-state index in [1.54, 1.807) is 6.33 Å². The molecular formula is C13H24N4. The van der Waals surface area contributed by atoms with Gasteiger partial charge in [0.1, 0.15) is 18.0 Å². The molecule has 4 nitrogen and oxygen atoms in total. The zero-order valence-corrected chi connectivity index (χ0v) is 11.6. The third kappa shape index (κ3) is 3.32. The molecule has 0 aliphatic heterocycles. The molecule has 96 valence electrons. The minimum Gasteiger partial charge on any atom is -0.370 e. The summed E-state index contributed by atoms with van der Waals surface area (Å²) in [7, 11) is 2.07. The molecule has 0 atom stereocenters. The van der Waals surface area contributed by atoms with Crippen molar-refractivity contribution in [3.63, 3.8) is 0 Å². The maximum Gasteiger partial charge on any atom is 0.137 e. The third-order valence-corrected chi connectivity index (χ3v) is 2.82. The summed E-state index contributed by atoms with van der Waals surface area (Å²) >= 11 is 0. The maximum absolute atomic E-state index is 4.41. The molecule has 0 aliphatic rings. The van der Waals surface area contributed by atoms with Crippen molar-refractivity contribution in [3.05, 3.63) is 11.9 Å². The lowest BCUT2D eigenvalue weighted by Crippen LogP contribution is -2.21. The molecule has 0 unspecified atom stereocenters. The van der Waals surface area contributed by atoms with E-state index < -0.39 is 0 Å². The molecule has 1 N–H and O–H groups in total. The normalized spacial score (nSPS) is 10.7. The van der Waals surface area contributed by atoms with Gasteiger partial charge in [0.05, 0.1) is 0 Å². The first-order valence-corrected chi connectivity index (χ1v) is 6.41. The van der Waals surface area contributed by atoms with Gasteiger partial charge in [-0.05, 0) is 19.3 Å². The molecule has 0 aliphatic carbocycles. The second-order valence-electron chi connectivity index (χ2n) is 4.56. The predicted octanol–water partition coefficient (Wildman–Crippen LogP) is 2.88. The number of nitrogens with one attached hydrogen (secondary N) is 1. The first kappa shape index (κ1) is 13.7. The van der Waals surface area contributed by atoms with Crippen LogP contribution >= 0.6 is 0 Å². The minimum atomic E-state index is 0.416. The lowest BCUT2D eigenvalue weighted by molar-refractivity contribution is 0.815. The van der Waals surface area contributed by atoms with Crippen LogP contribution in [0.2, 0.25) is 0 Å². The largest absolute Gasteiger partial charge is 0.370 e. The number of hydrogen-bond acceptors (Lipinski definition) is 4. The molecule has 17 heavy (non-hydrogen) atoms. The summed E-state index contributed by atoms with van der Waals surface area (Å²) in [5, 5.41) is 3.39. The van der Waals surface area contributed by atoms with Gasteiger partial charge >= 0.3 is 0 Å². The molecule has 4 heteroatoms. The molecule has 1 rings (SSSR count). The Labute approximate surface area is 104 Å². The maximum atomic E-state index is 4.41. The van der Waals surface area contributed by atoms with Crippen molar-refractivity contribution in [2.45, 2.75) is 40.0 Å². The summed E-state index contributed by atoms with van der Waals surface area (Å²) in [6.07, 6.45) is 2.74. The first-order chi connectivity index (χ1) is 8.11. The van der Waals surface area contributed by atoms with Gasteiger partial charge in [0.15, 0.2) is 0 Å². The lowest BCUT2D eigenvalue weighted by atomic mass is 10.0. The fourth-order valence-corrected chi connectivity index (χ4v) is 1.76. The number of rotatable bonds is 6. The molecule has 0 fully saturated rings. The van der Waals surface area contributed by atoms with Crippen molar-refractivity contribution < 1.29 is 0 Å². The van der Waals surface area contributed by atoms with E-state index in [-0.39, 0.29) is 0 Å². The Morgan fingerprint density at radius 1 is 1.29 bits per heavy atom. The van der Waals surface area contributed by atoms with Crippen LogP contribution in [0.3, 0.4) is 0 Å². The number of nitrogens with zero attached hydrogens (tertiary/aromatic N) is 3. The van der Waals surface area contributed by atoms with E-state index >= 15 is 0 Å². The van der Waals surface area contributed by atoms with E-state index in [0.717, 1.165) is 31.1 Å². The van der Waals surface area contributed by atoms with Gasteiger partial charge in [-0.2, -0.15) is 0 Å². The third-order valence-electron chi connectivity index (χ3n) is 2.82. The summed E-state index contributed by atoms with van der Waals surface area (Å²) in [6.45, 7) is 10.6. The quantitative estimate of drug-likeness (QED) is 0.824. The van der Waals surface area contributed by atoms with Gasteiger partial charge in [0, 0.05) is 25.7 Å². The van der Waals surface area contributed by atoms with Crippen molar-refractivity contribution in [3.8, 4) is 0 Å². The molecule has 0 saturated carbocycles. The average molecular weight is 236 g/mol. The van der Waals surface area contributed by atoms with Crippen LogP contribution in [0.15, 0.2) is 6.33 Å². The lowest BCUT2D eigenvalue weighted by Gasteiger charge is -2.23. The first-order valence-electron chi connectivity index (χ1n) is 6.41. The fourth-order valence-electron chi connectivity index (χ4n) is 1.76. The van der Waals surface area contributed by atoms with Crippen molar-refractivity contribution >= 4 is 11.6 Å². The Hall–Kier alpha value is -1.32. The van der Waals surface area contributed by atoms with E-state index in [2.05, 4.69) is 54.9 Å². The monoisotopic (exact) mass is 236 g/mol. The zero-order valence-electron chi connectivity index (χ0n) is 11.6. The summed E-state index contributed by atoms with van der Waals surface area (Å²) in [4.78, 5) is 10.9. The predicted molar refractivity (Wildman–Crippen MR) is 73.8 cm³/mol. The van der Waals surface area contributed by atoms with Gasteiger partial charge in [-0.25, -0.2) is 9.97 Å². The van der Waals surface area contributed by atoms with Crippen LogP contribution in [0.5, 0.6) is 0 Å². The Morgan fingerprint density at radius 2 is 2.00 bits per heavy atom. The highest BCUT2D eigenvalue weighted by atomic mass is 15.2. The molecule has 0 spiro atoms. The van der Waals surface area contributed by atoms with E-state index in [0.29, 0.717) is 5.92 Å². The summed E-state index contributed by atoms with van der Waals surface area (Å²) in [5.41, 5.74) is 1.21. The molecule has 0 saturated heterocycles. The smallest absolute Gasteiger partial charge is 0.137 e. The van der Waals surface area contributed by atoms with Gasteiger partial charge in [-0.1, -0.05) is 20.8 Å². The Bertz CT molecular complexity index is 349. The number of hydrogen-bond donors (Lipinski definition) is 1. The average Bonchev–Trinajstić information content (AvgIpc) is 2.34. The fraction of sp³-hybridized carbons (Fsp3) is 0.692. The topological polar surface area (TPSA) is 41.1 Å². The molecule has 0 aromatic carbocycles. The van der Waals surface area contributed by atoms with Crippen LogP contribution < -0.4 is 10.2 Å². The Morgan fingerprint density at radius 3 is 2.53 bits per heavy atom. The highest BCUT2D eigenvalue weighted by molar-refractivity contribution is 5.59. The minimum absolute atomic E-state index is 0.416. The second-order valence-corrected chi connectivity index (χ2v) is 4.56. The van der Waals surface area contributed by atoms with Crippen molar-refractivity contribution in [2.24, 2.45) is 0 Å². The number of aromatic nitrogens is 2. The van der Waals surface area contributed by atoms with Crippen LogP contribution in [-0.2, 0) is 0 Å². The SMILES string of the molecule is CCCNc1ncnc(N(C)CC)c1C(C)C. The van der Waals surface area contributed by atoms with Gasteiger partial charge in [-0.3, -0.25) is 0 Å². The van der Waals surface area contributed by atoms with Crippen molar-refractivity contribution in [1.82, 2.24) is 9.97 Å². The van der Waals surface area contributed by atoms with Crippen molar-refractivity contribution in [2.75, 3.05) is 30.4 Å².